The predicted molar refractivity (Wildman–Crippen MR) is 286 cm³/mol. The maximum Gasteiger partial charge on any atom is 0.297 e. The highest BCUT2D eigenvalue weighted by Gasteiger charge is 2.49. The van der Waals surface area contributed by atoms with Crippen molar-refractivity contribution in [2.45, 2.75) is 105 Å². The second-order valence-electron chi connectivity index (χ2n) is 21.8. The van der Waals surface area contributed by atoms with Gasteiger partial charge in [-0.1, -0.05) is 125 Å². The molecule has 10 aromatic rings. The van der Waals surface area contributed by atoms with Crippen molar-refractivity contribution in [2.75, 3.05) is 9.80 Å². The lowest BCUT2D eigenvalue weighted by Crippen LogP contribution is -2.61. The maximum absolute atomic E-state index is 10.7. The fraction of sp³-hybridized carbons (Fsp3) is 0.267. The summed E-state index contributed by atoms with van der Waals surface area (Å²) >= 11 is 0.818. The van der Waals surface area contributed by atoms with Crippen LogP contribution in [-0.4, -0.2) is 11.3 Å². The molecule has 66 heavy (non-hydrogen) atoms. The molecule has 6 heteroatoms. The van der Waals surface area contributed by atoms with Crippen molar-refractivity contribution in [3.8, 4) is 5.69 Å². The molecule has 0 spiro atoms. The van der Waals surface area contributed by atoms with Crippen molar-refractivity contribution in [1.29, 1.82) is 0 Å². The minimum atomic E-state index is -1.57. The van der Waals surface area contributed by atoms with Gasteiger partial charge in [0.05, 0.1) is 66.9 Å². The lowest BCUT2D eigenvalue weighted by atomic mass is 9.35. The SMILES string of the molecule is [2H]c1c([2H])c2c3c(c1[2H])-n1c4c([2H])c([2H])c(C(C)(C)C)c([2H])c4c4c([2H])c(C(C)(C)C)c([2H])c(c41)N3c1c([2H])c(C(C)(C)C)c([2H])c3c1B2c1oc2c([2H])c([2H])c(C(C)(C)C)c([2H])c2c1N3c1c([2H])c([2H])c2sc3c([2H])c([2H])c([2H])c([2H])c3c2c1[2H]. The number of benzene rings is 7. The average molecular weight is 898 g/mol. The normalized spacial score (nSPS) is 18.8. The Hall–Kier alpha value is -6.24. The van der Waals surface area contributed by atoms with Gasteiger partial charge in [-0.2, -0.15) is 0 Å². The number of nitrogens with zero attached hydrogens (tertiary/aromatic N) is 3. The van der Waals surface area contributed by atoms with E-state index in [1.54, 1.807) is 41.5 Å². The number of hydrogen-bond donors (Lipinski definition) is 0. The number of hydrogen-bond acceptors (Lipinski definition) is 4. The van der Waals surface area contributed by atoms with Crippen LogP contribution in [0.15, 0.2) is 125 Å². The van der Waals surface area contributed by atoms with E-state index in [1.807, 2.05) is 41.5 Å². The Morgan fingerprint density at radius 3 is 1.83 bits per heavy atom. The number of para-hydroxylation sites is 1. The minimum Gasteiger partial charge on any atom is -0.468 e. The van der Waals surface area contributed by atoms with Gasteiger partial charge in [0.25, 0.3) is 6.71 Å². The molecule has 0 saturated carbocycles. The predicted octanol–water partition coefficient (Wildman–Crippen LogP) is 15.5. The number of aromatic nitrogens is 1. The maximum atomic E-state index is 10.7. The molecule has 7 aromatic carbocycles. The average Bonchev–Trinajstić information content (AvgIpc) is 1.25. The molecule has 6 heterocycles. The minimum absolute atomic E-state index is 0.0112. The summed E-state index contributed by atoms with van der Waals surface area (Å²) in [7, 11) is 0. The van der Waals surface area contributed by atoms with Gasteiger partial charge in [0.15, 0.2) is 0 Å². The van der Waals surface area contributed by atoms with Crippen LogP contribution in [0.1, 0.15) is 133 Å². The fourth-order valence-corrected chi connectivity index (χ4v) is 10.5. The summed E-state index contributed by atoms with van der Waals surface area (Å²) in [5, 5.41) is -0.201. The van der Waals surface area contributed by atoms with Gasteiger partial charge in [0.1, 0.15) is 5.58 Å². The first-order chi connectivity index (χ1) is 39.7. The molecule has 0 fully saturated rings. The third kappa shape index (κ3) is 5.39. The Morgan fingerprint density at radius 2 is 1.11 bits per heavy atom. The standard InChI is InChI=1S/C60H56BN3OS/c1-57(2,3)33-20-23-44-39(26-33)41-28-35(59(7,8)9)31-48-53(41)63(44)45-18-15-17-43-55(45)64(48)47-30-36(60(10,11)12)29-46-52(47)61(43)56-54(42-27-34(58(4,5)6)21-24-49(42)65-56)62(46)37-22-25-51-40(32-37)38-16-13-14-19-50(38)66-51/h13-32H,1-12H3/i13D,14D,15D,16D,17D,18D,19D,20D,21D,22D,23D,24D,25D,26D,27D,28D,29D,30D,31D,32D. The summed E-state index contributed by atoms with van der Waals surface area (Å²) in [6, 6.07) is -8.66. The van der Waals surface area contributed by atoms with Gasteiger partial charge in [-0.15, -0.1) is 11.3 Å². The molecule has 0 N–H and O–H groups in total. The van der Waals surface area contributed by atoms with Gasteiger partial charge < -0.3 is 18.8 Å². The lowest BCUT2D eigenvalue weighted by Gasteiger charge is -2.45. The van der Waals surface area contributed by atoms with Gasteiger partial charge in [0.2, 0.25) is 0 Å². The summed E-state index contributed by atoms with van der Waals surface area (Å²) in [5.41, 5.74) is -5.31. The zero-order valence-corrected chi connectivity index (χ0v) is 39.6. The van der Waals surface area contributed by atoms with E-state index in [4.69, 9.17) is 8.53 Å². The Kier molecular flexibility index (Phi) is 4.75. The summed E-state index contributed by atoms with van der Waals surface area (Å²) in [5.74, 6) is 0. The van der Waals surface area contributed by atoms with Crippen molar-refractivity contribution < 1.29 is 31.8 Å². The van der Waals surface area contributed by atoms with Gasteiger partial charge in [-0.05, 0) is 133 Å². The van der Waals surface area contributed by atoms with Crippen LogP contribution in [0.5, 0.6) is 0 Å². The van der Waals surface area contributed by atoms with Crippen LogP contribution in [0.4, 0.5) is 34.1 Å². The van der Waals surface area contributed by atoms with Crippen LogP contribution in [0.25, 0.3) is 58.6 Å². The van der Waals surface area contributed by atoms with Crippen LogP contribution in [0, 0.1) is 0 Å². The Labute approximate surface area is 420 Å². The van der Waals surface area contributed by atoms with E-state index in [-0.39, 0.29) is 180 Å². The lowest BCUT2D eigenvalue weighted by molar-refractivity contribution is 0.590. The number of rotatable bonds is 1. The highest BCUT2D eigenvalue weighted by molar-refractivity contribution is 7.25. The Morgan fingerprint density at radius 1 is 0.485 bits per heavy atom. The summed E-state index contributed by atoms with van der Waals surface area (Å²) < 4.78 is 206. The number of fused-ring (bicyclic) bond motifs is 14. The molecule has 0 atom stereocenters. The van der Waals surface area contributed by atoms with E-state index >= 15 is 0 Å². The van der Waals surface area contributed by atoms with E-state index < -0.39 is 101 Å². The van der Waals surface area contributed by atoms with Crippen molar-refractivity contribution in [3.05, 3.63) is 143 Å². The molecule has 4 nitrogen and oxygen atoms in total. The van der Waals surface area contributed by atoms with Crippen molar-refractivity contribution in [3.63, 3.8) is 0 Å². The van der Waals surface area contributed by atoms with Crippen LogP contribution in [-0.2, 0) is 21.7 Å². The molecular formula is C60H56BN3OS. The fourth-order valence-electron chi connectivity index (χ4n) is 9.62. The zero-order chi connectivity index (χ0) is 63.1. The quantitative estimate of drug-likeness (QED) is 0.153. The highest BCUT2D eigenvalue weighted by Crippen LogP contribution is 2.55. The smallest absolute Gasteiger partial charge is 0.297 e. The van der Waals surface area contributed by atoms with Gasteiger partial charge in [-0.25, -0.2) is 0 Å². The van der Waals surface area contributed by atoms with Gasteiger partial charge >= 0.3 is 0 Å². The molecule has 0 amide bonds. The monoisotopic (exact) mass is 898 g/mol. The number of anilines is 6. The largest absolute Gasteiger partial charge is 0.468 e. The van der Waals surface area contributed by atoms with E-state index in [9.17, 15) is 23.3 Å². The molecule has 3 aliphatic heterocycles. The molecule has 0 unspecified atom stereocenters. The third-order valence-corrected chi connectivity index (χ3v) is 14.1. The molecule has 0 saturated heterocycles. The number of furan rings is 1. The molecule has 326 valence electrons. The first-order valence-corrected chi connectivity index (χ1v) is 23.0. The Balaban J connectivity index is 1.35. The van der Waals surface area contributed by atoms with Crippen molar-refractivity contribution >= 4 is 122 Å². The van der Waals surface area contributed by atoms with Crippen molar-refractivity contribution in [1.82, 2.24) is 4.57 Å². The van der Waals surface area contributed by atoms with E-state index in [0.717, 1.165) is 11.3 Å². The second-order valence-corrected chi connectivity index (χ2v) is 22.9. The molecule has 3 aliphatic rings. The zero-order valence-electron chi connectivity index (χ0n) is 58.7. The molecule has 0 aliphatic carbocycles. The van der Waals surface area contributed by atoms with Gasteiger partial charge in [0, 0.05) is 53.4 Å². The summed E-state index contributed by atoms with van der Waals surface area (Å²) in [6.07, 6.45) is 0. The van der Waals surface area contributed by atoms with E-state index in [0.29, 0.717) is 0 Å². The van der Waals surface area contributed by atoms with E-state index in [2.05, 4.69) is 0 Å². The highest BCUT2D eigenvalue weighted by atomic mass is 32.1. The Bertz CT molecular complexity index is 4960. The van der Waals surface area contributed by atoms with Crippen LogP contribution < -0.4 is 26.4 Å². The van der Waals surface area contributed by atoms with Crippen LogP contribution in [0.3, 0.4) is 0 Å². The molecule has 0 bridgehead atoms. The molecule has 13 rings (SSSR count). The first kappa shape index (κ1) is 24.5. The van der Waals surface area contributed by atoms with Crippen molar-refractivity contribution in [2.24, 2.45) is 0 Å². The third-order valence-electron chi connectivity index (χ3n) is 13.0. The molecule has 3 aromatic heterocycles. The van der Waals surface area contributed by atoms with Gasteiger partial charge in [-0.3, -0.25) is 0 Å². The summed E-state index contributed by atoms with van der Waals surface area (Å²) in [4.78, 5) is 2.86. The first-order valence-electron chi connectivity index (χ1n) is 32.2. The summed E-state index contributed by atoms with van der Waals surface area (Å²) in [6.45, 7) is 19.9. The van der Waals surface area contributed by atoms with E-state index in [1.165, 1.54) is 14.4 Å². The van der Waals surface area contributed by atoms with Crippen LogP contribution >= 0.6 is 11.3 Å². The molecule has 0 radical (unpaired) electrons. The molecular weight excluding hydrogens is 822 g/mol. The number of thiophene rings is 1. The van der Waals surface area contributed by atoms with Crippen LogP contribution in [0.2, 0.25) is 0 Å². The topological polar surface area (TPSA) is 24.6 Å². The second kappa shape index (κ2) is 12.8.